The molecule has 138 valence electrons. The minimum Gasteiger partial charge on any atom is -0.354 e. The molecule has 0 aromatic carbocycles. The summed E-state index contributed by atoms with van der Waals surface area (Å²) in [6.07, 6.45) is 6.51. The van der Waals surface area contributed by atoms with E-state index in [0.717, 1.165) is 25.8 Å². The van der Waals surface area contributed by atoms with Gasteiger partial charge in [0.2, 0.25) is 11.9 Å². The van der Waals surface area contributed by atoms with E-state index in [1.165, 1.54) is 0 Å². The summed E-state index contributed by atoms with van der Waals surface area (Å²) in [5, 5.41) is 8.59. The molecule has 0 spiro atoms. The predicted molar refractivity (Wildman–Crippen MR) is 96.3 cm³/mol. The molecule has 1 aromatic rings. The van der Waals surface area contributed by atoms with Gasteiger partial charge in [0.05, 0.1) is 0 Å². The lowest BCUT2D eigenvalue weighted by Gasteiger charge is -2.33. The fourth-order valence-corrected chi connectivity index (χ4v) is 2.71. The summed E-state index contributed by atoms with van der Waals surface area (Å²) in [6, 6.07) is 1.76. The number of urea groups is 1. The summed E-state index contributed by atoms with van der Waals surface area (Å²) >= 11 is 0. The van der Waals surface area contributed by atoms with E-state index in [-0.39, 0.29) is 30.4 Å². The van der Waals surface area contributed by atoms with Gasteiger partial charge in [0.1, 0.15) is 0 Å². The SMILES string of the molecule is CCC(C)NC(=O)CCNC(=O)NC1CCCN(c2ncccn2)C1. The van der Waals surface area contributed by atoms with Gasteiger partial charge in [-0.2, -0.15) is 0 Å². The lowest BCUT2D eigenvalue weighted by molar-refractivity contribution is -0.121. The topological polar surface area (TPSA) is 99.2 Å². The third kappa shape index (κ3) is 6.56. The van der Waals surface area contributed by atoms with Crippen molar-refractivity contribution in [1.82, 2.24) is 25.9 Å². The van der Waals surface area contributed by atoms with Gasteiger partial charge in [-0.3, -0.25) is 4.79 Å². The number of carbonyl (C=O) groups is 2. The minimum absolute atomic E-state index is 0.0419. The van der Waals surface area contributed by atoms with Crippen molar-refractivity contribution >= 4 is 17.9 Å². The zero-order valence-electron chi connectivity index (χ0n) is 15.0. The van der Waals surface area contributed by atoms with Crippen molar-refractivity contribution in [2.45, 2.75) is 51.6 Å². The van der Waals surface area contributed by atoms with Crippen LogP contribution in [0.5, 0.6) is 0 Å². The van der Waals surface area contributed by atoms with E-state index in [2.05, 4.69) is 30.8 Å². The quantitative estimate of drug-likeness (QED) is 0.684. The summed E-state index contributed by atoms with van der Waals surface area (Å²) < 4.78 is 0. The van der Waals surface area contributed by atoms with Gasteiger partial charge >= 0.3 is 6.03 Å². The number of rotatable bonds is 7. The molecule has 0 saturated carbocycles. The monoisotopic (exact) mass is 348 g/mol. The number of piperidine rings is 1. The highest BCUT2D eigenvalue weighted by atomic mass is 16.2. The van der Waals surface area contributed by atoms with Crippen molar-refractivity contribution in [1.29, 1.82) is 0 Å². The molecule has 0 aliphatic carbocycles. The summed E-state index contributed by atoms with van der Waals surface area (Å²) in [7, 11) is 0. The van der Waals surface area contributed by atoms with Gasteiger partial charge in [0.15, 0.2) is 0 Å². The van der Waals surface area contributed by atoms with Crippen LogP contribution in [0.25, 0.3) is 0 Å². The average molecular weight is 348 g/mol. The molecule has 1 aromatic heterocycles. The second-order valence-corrected chi connectivity index (χ2v) is 6.36. The number of hydrogen-bond acceptors (Lipinski definition) is 5. The molecule has 2 heterocycles. The zero-order valence-corrected chi connectivity index (χ0v) is 15.0. The fraction of sp³-hybridized carbons (Fsp3) is 0.647. The van der Waals surface area contributed by atoms with Crippen molar-refractivity contribution in [2.75, 3.05) is 24.5 Å². The predicted octanol–water partition coefficient (Wildman–Crippen LogP) is 1.05. The van der Waals surface area contributed by atoms with Crippen LogP contribution in [0, 0.1) is 0 Å². The highest BCUT2D eigenvalue weighted by molar-refractivity contribution is 5.78. The Balaban J connectivity index is 1.69. The second-order valence-electron chi connectivity index (χ2n) is 6.36. The van der Waals surface area contributed by atoms with E-state index in [1.807, 2.05) is 13.8 Å². The highest BCUT2D eigenvalue weighted by Gasteiger charge is 2.22. The lowest BCUT2D eigenvalue weighted by atomic mass is 10.1. The number of nitrogens with one attached hydrogen (secondary N) is 3. The van der Waals surface area contributed by atoms with Crippen LogP contribution in [0.4, 0.5) is 10.7 Å². The third-order valence-electron chi connectivity index (χ3n) is 4.25. The van der Waals surface area contributed by atoms with Crippen LogP contribution in [0.3, 0.4) is 0 Å². The van der Waals surface area contributed by atoms with Crippen LogP contribution in [0.2, 0.25) is 0 Å². The molecule has 2 rings (SSSR count). The van der Waals surface area contributed by atoms with Crippen LogP contribution in [-0.4, -0.2) is 53.6 Å². The molecule has 3 N–H and O–H groups in total. The molecule has 3 amide bonds. The molecule has 2 unspecified atom stereocenters. The molecule has 1 aliphatic rings. The Morgan fingerprint density at radius 2 is 2.12 bits per heavy atom. The van der Waals surface area contributed by atoms with Crippen molar-refractivity contribution in [3.8, 4) is 0 Å². The van der Waals surface area contributed by atoms with Crippen LogP contribution < -0.4 is 20.9 Å². The first kappa shape index (κ1) is 19.0. The highest BCUT2D eigenvalue weighted by Crippen LogP contribution is 2.15. The molecule has 8 heteroatoms. The molecule has 2 atom stereocenters. The van der Waals surface area contributed by atoms with Gasteiger partial charge in [-0.1, -0.05) is 6.92 Å². The van der Waals surface area contributed by atoms with E-state index in [9.17, 15) is 9.59 Å². The Hall–Kier alpha value is -2.38. The second kappa shape index (κ2) is 9.80. The van der Waals surface area contributed by atoms with Crippen LogP contribution in [-0.2, 0) is 4.79 Å². The maximum absolute atomic E-state index is 12.0. The average Bonchev–Trinajstić information content (AvgIpc) is 2.62. The number of nitrogens with zero attached hydrogens (tertiary/aromatic N) is 3. The number of anilines is 1. The van der Waals surface area contributed by atoms with Gasteiger partial charge in [0, 0.05) is 50.5 Å². The molecule has 0 bridgehead atoms. The standard InChI is InChI=1S/C17H28N6O2/c1-3-13(2)21-15(24)7-10-20-17(25)22-14-6-4-11-23(12-14)16-18-8-5-9-19-16/h5,8-9,13-14H,3-4,6-7,10-12H2,1-2H3,(H,21,24)(H2,20,22,25). The van der Waals surface area contributed by atoms with E-state index in [4.69, 9.17) is 0 Å². The van der Waals surface area contributed by atoms with Gasteiger partial charge in [-0.25, -0.2) is 14.8 Å². The first-order chi connectivity index (χ1) is 12.1. The lowest BCUT2D eigenvalue weighted by Crippen LogP contribution is -2.51. The van der Waals surface area contributed by atoms with Gasteiger partial charge < -0.3 is 20.9 Å². The van der Waals surface area contributed by atoms with Crippen molar-refractivity contribution < 1.29 is 9.59 Å². The van der Waals surface area contributed by atoms with Gasteiger partial charge in [-0.05, 0) is 32.3 Å². The van der Waals surface area contributed by atoms with E-state index in [1.54, 1.807) is 18.5 Å². The van der Waals surface area contributed by atoms with Crippen LogP contribution in [0.15, 0.2) is 18.5 Å². The zero-order chi connectivity index (χ0) is 18.1. The minimum atomic E-state index is -0.239. The van der Waals surface area contributed by atoms with Crippen molar-refractivity contribution in [2.24, 2.45) is 0 Å². The number of hydrogen-bond donors (Lipinski definition) is 3. The molecule has 1 saturated heterocycles. The summed E-state index contributed by atoms with van der Waals surface area (Å²) in [6.45, 7) is 5.88. The summed E-state index contributed by atoms with van der Waals surface area (Å²) in [4.78, 5) is 34.3. The number of aromatic nitrogens is 2. The number of amides is 3. The molecule has 0 radical (unpaired) electrons. The Bertz CT molecular complexity index is 553. The van der Waals surface area contributed by atoms with E-state index in [0.29, 0.717) is 19.0 Å². The first-order valence-electron chi connectivity index (χ1n) is 8.94. The summed E-state index contributed by atoms with van der Waals surface area (Å²) in [5.74, 6) is 0.649. The molecule has 8 nitrogen and oxygen atoms in total. The Morgan fingerprint density at radius 3 is 2.84 bits per heavy atom. The largest absolute Gasteiger partial charge is 0.354 e. The van der Waals surface area contributed by atoms with Crippen molar-refractivity contribution in [3.63, 3.8) is 0 Å². The smallest absolute Gasteiger partial charge is 0.315 e. The Labute approximate surface area is 148 Å². The number of carbonyl (C=O) groups excluding carboxylic acids is 2. The summed E-state index contributed by atoms with van der Waals surface area (Å²) in [5.41, 5.74) is 0. The van der Waals surface area contributed by atoms with Gasteiger partial charge in [0.25, 0.3) is 0 Å². The normalized spacial score (nSPS) is 18.3. The Morgan fingerprint density at radius 1 is 1.36 bits per heavy atom. The molecular formula is C17H28N6O2. The van der Waals surface area contributed by atoms with Gasteiger partial charge in [-0.15, -0.1) is 0 Å². The molecule has 1 aliphatic heterocycles. The fourth-order valence-electron chi connectivity index (χ4n) is 2.71. The maximum atomic E-state index is 12.0. The molecule has 25 heavy (non-hydrogen) atoms. The van der Waals surface area contributed by atoms with E-state index >= 15 is 0 Å². The van der Waals surface area contributed by atoms with Crippen molar-refractivity contribution in [3.05, 3.63) is 18.5 Å². The maximum Gasteiger partial charge on any atom is 0.315 e. The third-order valence-corrected chi connectivity index (χ3v) is 4.25. The van der Waals surface area contributed by atoms with Crippen LogP contribution >= 0.6 is 0 Å². The Kier molecular flexibility index (Phi) is 7.43. The van der Waals surface area contributed by atoms with Crippen LogP contribution in [0.1, 0.15) is 39.5 Å². The van der Waals surface area contributed by atoms with E-state index < -0.39 is 0 Å². The first-order valence-corrected chi connectivity index (χ1v) is 8.94. The molecule has 1 fully saturated rings. The molecular weight excluding hydrogens is 320 g/mol.